The van der Waals surface area contributed by atoms with Gasteiger partial charge in [0.15, 0.2) is 5.75 Å². The van der Waals surface area contributed by atoms with Crippen molar-refractivity contribution in [2.45, 2.75) is 25.4 Å². The van der Waals surface area contributed by atoms with E-state index in [0.717, 1.165) is 4.68 Å². The molecule has 0 N–H and O–H groups in total. The average Bonchev–Trinajstić information content (AvgIpc) is 2.66. The van der Waals surface area contributed by atoms with Crippen molar-refractivity contribution in [2.75, 3.05) is 20.0 Å². The number of nitro benzene ring substituents is 1. The standard InChI is InChI=1S/C16H19N5O5S/c1-5-6-26-14-12(21(23)24)7-11(8-13(14)25-3)9-17-20-15(22)10(2)18-19-16(20)27-4/h7-9H,5-6H2,1-4H3/b17-9-. The lowest BCUT2D eigenvalue weighted by Crippen LogP contribution is -2.23. The Hall–Kier alpha value is -2.95. The molecule has 0 amide bonds. The van der Waals surface area contributed by atoms with Crippen LogP contribution in [0.5, 0.6) is 11.5 Å². The van der Waals surface area contributed by atoms with Gasteiger partial charge in [0.2, 0.25) is 10.9 Å². The molecule has 0 atom stereocenters. The number of aromatic nitrogens is 3. The smallest absolute Gasteiger partial charge is 0.315 e. The summed E-state index contributed by atoms with van der Waals surface area (Å²) in [6, 6.07) is 2.86. The molecule has 0 radical (unpaired) electrons. The molecule has 144 valence electrons. The number of nitrogens with zero attached hydrogens (tertiary/aromatic N) is 5. The van der Waals surface area contributed by atoms with Crippen molar-refractivity contribution in [1.82, 2.24) is 14.9 Å². The van der Waals surface area contributed by atoms with Crippen LogP contribution in [-0.4, -0.2) is 46.0 Å². The van der Waals surface area contributed by atoms with Gasteiger partial charge in [0.1, 0.15) is 5.69 Å². The molecule has 0 aliphatic rings. The lowest BCUT2D eigenvalue weighted by Gasteiger charge is -2.11. The maximum Gasteiger partial charge on any atom is 0.315 e. The predicted octanol–water partition coefficient (Wildman–Crippen LogP) is 2.26. The monoisotopic (exact) mass is 393 g/mol. The highest BCUT2D eigenvalue weighted by molar-refractivity contribution is 7.98. The number of thioether (sulfide) groups is 1. The van der Waals surface area contributed by atoms with E-state index >= 15 is 0 Å². The van der Waals surface area contributed by atoms with Crippen LogP contribution in [0.3, 0.4) is 0 Å². The van der Waals surface area contributed by atoms with E-state index in [-0.39, 0.29) is 22.9 Å². The van der Waals surface area contributed by atoms with Crippen molar-refractivity contribution in [1.29, 1.82) is 0 Å². The predicted molar refractivity (Wildman–Crippen MR) is 101 cm³/mol. The number of aryl methyl sites for hydroxylation is 1. The molecule has 0 bridgehead atoms. The second-order valence-corrected chi connectivity index (χ2v) is 6.08. The van der Waals surface area contributed by atoms with Gasteiger partial charge < -0.3 is 9.47 Å². The number of hydrogen-bond acceptors (Lipinski definition) is 9. The van der Waals surface area contributed by atoms with Crippen LogP contribution in [0.25, 0.3) is 0 Å². The summed E-state index contributed by atoms with van der Waals surface area (Å²) in [6.45, 7) is 3.74. The molecule has 1 aromatic carbocycles. The number of methoxy groups -OCH3 is 1. The van der Waals surface area contributed by atoms with Gasteiger partial charge in [-0.15, -0.1) is 10.2 Å². The summed E-state index contributed by atoms with van der Waals surface area (Å²) in [6.07, 6.45) is 3.75. The molecule has 0 spiro atoms. The molecule has 0 fully saturated rings. The summed E-state index contributed by atoms with van der Waals surface area (Å²) in [5.41, 5.74) is -0.103. The second-order valence-electron chi connectivity index (χ2n) is 5.31. The molecular weight excluding hydrogens is 374 g/mol. The average molecular weight is 393 g/mol. The molecule has 10 nitrogen and oxygen atoms in total. The Kier molecular flexibility index (Phi) is 6.88. The number of hydrogen-bond donors (Lipinski definition) is 0. The summed E-state index contributed by atoms with van der Waals surface area (Å²) in [4.78, 5) is 23.1. The Balaban J connectivity index is 2.53. The molecular formula is C16H19N5O5S. The van der Waals surface area contributed by atoms with Crippen LogP contribution in [0.1, 0.15) is 24.6 Å². The molecule has 1 aromatic heterocycles. The third-order valence-corrected chi connectivity index (χ3v) is 4.02. The molecule has 0 saturated heterocycles. The fraction of sp³-hybridized carbons (Fsp3) is 0.375. The Morgan fingerprint density at radius 3 is 2.74 bits per heavy atom. The second kappa shape index (κ2) is 9.12. The van der Waals surface area contributed by atoms with E-state index in [0.29, 0.717) is 23.7 Å². The van der Waals surface area contributed by atoms with Gasteiger partial charge in [0.25, 0.3) is 5.56 Å². The molecule has 0 unspecified atom stereocenters. The summed E-state index contributed by atoms with van der Waals surface area (Å²) < 4.78 is 11.8. The van der Waals surface area contributed by atoms with Crippen molar-refractivity contribution in [2.24, 2.45) is 5.10 Å². The van der Waals surface area contributed by atoms with E-state index in [1.165, 1.54) is 38.1 Å². The van der Waals surface area contributed by atoms with Crippen LogP contribution in [0.2, 0.25) is 0 Å². The van der Waals surface area contributed by atoms with Crippen LogP contribution in [-0.2, 0) is 0 Å². The number of nitro groups is 1. The summed E-state index contributed by atoms with van der Waals surface area (Å²) in [7, 11) is 1.39. The highest BCUT2D eigenvalue weighted by Gasteiger charge is 2.22. The first-order chi connectivity index (χ1) is 12.9. The number of benzene rings is 1. The van der Waals surface area contributed by atoms with E-state index in [9.17, 15) is 14.9 Å². The maximum atomic E-state index is 12.2. The third kappa shape index (κ3) is 4.61. The molecule has 2 aromatic rings. The maximum absolute atomic E-state index is 12.2. The Morgan fingerprint density at radius 1 is 1.41 bits per heavy atom. The fourth-order valence-electron chi connectivity index (χ4n) is 2.12. The molecule has 11 heteroatoms. The van der Waals surface area contributed by atoms with Gasteiger partial charge in [-0.3, -0.25) is 14.9 Å². The minimum Gasteiger partial charge on any atom is -0.493 e. The lowest BCUT2D eigenvalue weighted by molar-refractivity contribution is -0.386. The normalized spacial score (nSPS) is 11.0. The number of rotatable bonds is 8. The van der Waals surface area contributed by atoms with Crippen LogP contribution < -0.4 is 15.0 Å². The van der Waals surface area contributed by atoms with E-state index in [2.05, 4.69) is 15.3 Å². The fourth-order valence-corrected chi connectivity index (χ4v) is 2.54. The largest absolute Gasteiger partial charge is 0.493 e. The number of ether oxygens (including phenoxy) is 2. The third-order valence-electron chi connectivity index (χ3n) is 3.40. The highest BCUT2D eigenvalue weighted by atomic mass is 32.2. The minimum absolute atomic E-state index is 0.0601. The van der Waals surface area contributed by atoms with Crippen LogP contribution in [0.15, 0.2) is 27.2 Å². The SMILES string of the molecule is CCCOc1c(OC)cc(/C=N\n2c(SC)nnc(C)c2=O)cc1[N+](=O)[O-]. The summed E-state index contributed by atoms with van der Waals surface area (Å²) in [5.74, 6) is 0.269. The lowest BCUT2D eigenvalue weighted by atomic mass is 10.2. The van der Waals surface area contributed by atoms with Crippen LogP contribution >= 0.6 is 11.8 Å². The van der Waals surface area contributed by atoms with E-state index in [4.69, 9.17) is 9.47 Å². The first-order valence-electron chi connectivity index (χ1n) is 7.96. The van der Waals surface area contributed by atoms with Gasteiger partial charge in [0.05, 0.1) is 24.9 Å². The molecule has 2 rings (SSSR count). The Labute approximate surface area is 159 Å². The zero-order valence-electron chi connectivity index (χ0n) is 15.3. The van der Waals surface area contributed by atoms with E-state index in [1.807, 2.05) is 6.92 Å². The van der Waals surface area contributed by atoms with Gasteiger partial charge in [0, 0.05) is 11.6 Å². The van der Waals surface area contributed by atoms with E-state index < -0.39 is 10.5 Å². The van der Waals surface area contributed by atoms with Crippen molar-refractivity contribution in [3.8, 4) is 11.5 Å². The van der Waals surface area contributed by atoms with Crippen LogP contribution in [0.4, 0.5) is 5.69 Å². The van der Waals surface area contributed by atoms with Gasteiger partial charge >= 0.3 is 5.69 Å². The quantitative estimate of drug-likeness (QED) is 0.290. The Morgan fingerprint density at radius 2 is 2.15 bits per heavy atom. The van der Waals surface area contributed by atoms with Crippen molar-refractivity contribution in [3.05, 3.63) is 43.9 Å². The van der Waals surface area contributed by atoms with Crippen molar-refractivity contribution in [3.63, 3.8) is 0 Å². The van der Waals surface area contributed by atoms with Crippen molar-refractivity contribution >= 4 is 23.7 Å². The summed E-state index contributed by atoms with van der Waals surface area (Å²) >= 11 is 1.20. The molecule has 0 saturated carbocycles. The van der Waals surface area contributed by atoms with Gasteiger partial charge in [-0.2, -0.15) is 9.78 Å². The molecule has 1 heterocycles. The first kappa shape index (κ1) is 20.4. The summed E-state index contributed by atoms with van der Waals surface area (Å²) in [5, 5.41) is 23.5. The first-order valence-corrected chi connectivity index (χ1v) is 9.19. The zero-order valence-corrected chi connectivity index (χ0v) is 16.1. The topological polar surface area (TPSA) is 122 Å². The zero-order chi connectivity index (χ0) is 20.0. The van der Waals surface area contributed by atoms with E-state index in [1.54, 1.807) is 12.3 Å². The minimum atomic E-state index is -0.553. The van der Waals surface area contributed by atoms with Gasteiger partial charge in [-0.25, -0.2) is 0 Å². The highest BCUT2D eigenvalue weighted by Crippen LogP contribution is 2.38. The van der Waals surface area contributed by atoms with Gasteiger partial charge in [-0.05, 0) is 25.7 Å². The molecule has 0 aliphatic heterocycles. The molecule has 0 aliphatic carbocycles. The van der Waals surface area contributed by atoms with Gasteiger partial charge in [-0.1, -0.05) is 18.7 Å². The molecule has 27 heavy (non-hydrogen) atoms. The Bertz CT molecular complexity index is 928. The van der Waals surface area contributed by atoms with Crippen molar-refractivity contribution < 1.29 is 14.4 Å². The van der Waals surface area contributed by atoms with Crippen LogP contribution in [0, 0.1) is 17.0 Å².